The average Bonchev–Trinajstić information content (AvgIpc) is 2.67. The molecule has 2 aromatic rings. The van der Waals surface area contributed by atoms with Gasteiger partial charge < -0.3 is 9.45 Å². The van der Waals surface area contributed by atoms with Crippen LogP contribution in [-0.4, -0.2) is 40.8 Å². The second-order valence-electron chi connectivity index (χ2n) is 5.55. The maximum atomic E-state index is 11.5. The van der Waals surface area contributed by atoms with E-state index in [4.69, 9.17) is 4.55 Å². The molecule has 0 radical (unpaired) electrons. The summed E-state index contributed by atoms with van der Waals surface area (Å²) in [5, 5.41) is 44.8. The lowest BCUT2D eigenvalue weighted by molar-refractivity contribution is -0.393. The summed E-state index contributed by atoms with van der Waals surface area (Å²) in [5.41, 5.74) is -3.49. The largest absolute Gasteiger partial charge is 0.329 e. The van der Waals surface area contributed by atoms with Crippen LogP contribution in [-0.2, 0) is 11.1 Å². The summed E-state index contributed by atoms with van der Waals surface area (Å²) in [6, 6.07) is 5.03. The van der Waals surface area contributed by atoms with Gasteiger partial charge in [0.1, 0.15) is 11.4 Å². The van der Waals surface area contributed by atoms with E-state index in [1.54, 1.807) is 0 Å². The van der Waals surface area contributed by atoms with Gasteiger partial charge in [0.15, 0.2) is 11.1 Å². The number of nitrogens with zero attached hydrogens (tertiary/aromatic N) is 5. The quantitative estimate of drug-likeness (QED) is 0.339. The first-order valence-electron chi connectivity index (χ1n) is 7.73. The maximum absolute atomic E-state index is 11.5. The molecule has 0 saturated carbocycles. The first-order valence-corrected chi connectivity index (χ1v) is 9.01. The molecule has 0 bridgehead atoms. The lowest BCUT2D eigenvalue weighted by Gasteiger charge is -2.23. The van der Waals surface area contributed by atoms with Crippen molar-refractivity contribution in [2.24, 2.45) is 0 Å². The lowest BCUT2D eigenvalue weighted by Crippen LogP contribution is -2.24. The van der Waals surface area contributed by atoms with Crippen LogP contribution in [0.25, 0.3) is 0 Å². The molecule has 0 heterocycles. The summed E-state index contributed by atoms with van der Waals surface area (Å²) in [7, 11) is 0. The molecule has 2 rings (SSSR count). The Balaban J connectivity index is 2.76. The van der Waals surface area contributed by atoms with Gasteiger partial charge >= 0.3 is 0 Å². The predicted octanol–water partition coefficient (Wildman–Crippen LogP) is 2.68. The minimum absolute atomic E-state index is 0.340. The molecular weight excluding hydrogens is 430 g/mol. The molecule has 158 valence electrons. The SMILES string of the molecule is O=[N+]([O-])c1ccc(N(CCS(=O)O)c2ccc([N+](=O)[O-])cc2[N+](=O)[O-])c([N+](=O)[O-])c1. The summed E-state index contributed by atoms with van der Waals surface area (Å²) < 4.78 is 20.2. The fourth-order valence-corrected chi connectivity index (χ4v) is 2.88. The summed E-state index contributed by atoms with van der Waals surface area (Å²) in [5.74, 6) is -0.498. The summed E-state index contributed by atoms with van der Waals surface area (Å²) in [6.45, 7) is -0.444. The van der Waals surface area contributed by atoms with E-state index in [-0.39, 0.29) is 11.4 Å². The van der Waals surface area contributed by atoms with Crippen LogP contribution in [0.3, 0.4) is 0 Å². The fourth-order valence-electron chi connectivity index (χ4n) is 2.54. The molecule has 1 unspecified atom stereocenters. The molecule has 16 heteroatoms. The van der Waals surface area contributed by atoms with Gasteiger partial charge in [-0.25, -0.2) is 4.21 Å². The van der Waals surface area contributed by atoms with Crippen LogP contribution in [0.1, 0.15) is 0 Å². The smallest absolute Gasteiger partial charge is 0.299 e. The number of nitro groups is 4. The van der Waals surface area contributed by atoms with Crippen molar-refractivity contribution in [2.75, 3.05) is 17.2 Å². The van der Waals surface area contributed by atoms with E-state index in [1.807, 2.05) is 0 Å². The Hall–Kier alpha value is -4.05. The van der Waals surface area contributed by atoms with Crippen molar-refractivity contribution in [3.8, 4) is 0 Å². The van der Waals surface area contributed by atoms with Gasteiger partial charge in [-0.05, 0) is 12.1 Å². The molecule has 0 aliphatic carbocycles. The van der Waals surface area contributed by atoms with Gasteiger partial charge in [-0.3, -0.25) is 40.5 Å². The van der Waals surface area contributed by atoms with Gasteiger partial charge in [-0.15, -0.1) is 0 Å². The molecular formula is C14H11N5O10S. The van der Waals surface area contributed by atoms with Crippen LogP contribution in [0.4, 0.5) is 34.1 Å². The Labute approximate surface area is 168 Å². The van der Waals surface area contributed by atoms with Crippen LogP contribution < -0.4 is 4.90 Å². The first kappa shape index (κ1) is 22.2. The summed E-state index contributed by atoms with van der Waals surface area (Å²) >= 11 is -2.39. The molecule has 30 heavy (non-hydrogen) atoms. The van der Waals surface area contributed by atoms with Gasteiger partial charge in [-0.1, -0.05) is 0 Å². The van der Waals surface area contributed by atoms with Crippen molar-refractivity contribution in [1.29, 1.82) is 0 Å². The van der Waals surface area contributed by atoms with Crippen LogP contribution in [0.2, 0.25) is 0 Å². The number of hydrogen-bond donors (Lipinski definition) is 1. The van der Waals surface area contributed by atoms with E-state index in [0.29, 0.717) is 12.1 Å². The molecule has 0 amide bonds. The van der Waals surface area contributed by atoms with Crippen molar-refractivity contribution in [1.82, 2.24) is 0 Å². The van der Waals surface area contributed by atoms with Crippen molar-refractivity contribution < 1.29 is 28.5 Å². The maximum Gasteiger partial charge on any atom is 0.299 e. The lowest BCUT2D eigenvalue weighted by atomic mass is 10.1. The topological polar surface area (TPSA) is 213 Å². The van der Waals surface area contributed by atoms with Gasteiger partial charge in [0.25, 0.3) is 22.7 Å². The number of nitro benzene ring substituents is 4. The number of non-ortho nitro benzene ring substituents is 2. The molecule has 0 aliphatic heterocycles. The number of anilines is 2. The Bertz CT molecular complexity index is 1000. The van der Waals surface area contributed by atoms with Crippen LogP contribution in [0, 0.1) is 40.5 Å². The Kier molecular flexibility index (Phi) is 6.65. The minimum atomic E-state index is -2.39. The molecule has 1 N–H and O–H groups in total. The standard InChI is InChI=1S/C14H11N5O10S/c20-16(21)9-1-3-11(13(7-9)18(24)25)15(5-6-30(28)29)12-4-2-10(17(22)23)8-14(12)19(26)27/h1-4,7-8H,5-6H2,(H,28,29). The van der Waals surface area contributed by atoms with Crippen molar-refractivity contribution in [2.45, 2.75) is 0 Å². The van der Waals surface area contributed by atoms with Crippen LogP contribution in [0.5, 0.6) is 0 Å². The third-order valence-corrected chi connectivity index (χ3v) is 4.34. The predicted molar refractivity (Wildman–Crippen MR) is 102 cm³/mol. The molecule has 2 aromatic carbocycles. The normalized spacial score (nSPS) is 11.5. The molecule has 0 saturated heterocycles. The van der Waals surface area contributed by atoms with Gasteiger partial charge in [0.05, 0.1) is 37.6 Å². The molecule has 1 atom stereocenters. The van der Waals surface area contributed by atoms with E-state index < -0.39 is 65.8 Å². The highest BCUT2D eigenvalue weighted by atomic mass is 32.2. The zero-order valence-corrected chi connectivity index (χ0v) is 15.5. The number of rotatable bonds is 9. The second kappa shape index (κ2) is 8.97. The average molecular weight is 441 g/mol. The highest BCUT2D eigenvalue weighted by Crippen LogP contribution is 2.41. The highest BCUT2D eigenvalue weighted by molar-refractivity contribution is 7.79. The zero-order valence-electron chi connectivity index (χ0n) is 14.6. The van der Waals surface area contributed by atoms with E-state index in [0.717, 1.165) is 29.2 Å². The van der Waals surface area contributed by atoms with Crippen molar-refractivity contribution in [3.05, 3.63) is 76.9 Å². The summed E-state index contributed by atoms with van der Waals surface area (Å²) in [4.78, 5) is 42.0. The van der Waals surface area contributed by atoms with E-state index >= 15 is 0 Å². The zero-order chi connectivity index (χ0) is 22.6. The third-order valence-electron chi connectivity index (χ3n) is 3.80. The third kappa shape index (κ3) is 4.86. The molecule has 0 aromatic heterocycles. The van der Waals surface area contributed by atoms with Crippen LogP contribution >= 0.6 is 0 Å². The monoisotopic (exact) mass is 441 g/mol. The molecule has 15 nitrogen and oxygen atoms in total. The van der Waals surface area contributed by atoms with E-state index in [1.165, 1.54) is 0 Å². The Morgan fingerprint density at radius 3 is 1.47 bits per heavy atom. The molecule has 0 fully saturated rings. The number of benzene rings is 2. The van der Waals surface area contributed by atoms with Crippen LogP contribution in [0.15, 0.2) is 36.4 Å². The van der Waals surface area contributed by atoms with Gasteiger partial charge in [0, 0.05) is 18.7 Å². The Morgan fingerprint density at radius 2 is 1.17 bits per heavy atom. The van der Waals surface area contributed by atoms with Gasteiger partial charge in [-0.2, -0.15) is 0 Å². The summed E-state index contributed by atoms with van der Waals surface area (Å²) in [6.07, 6.45) is 0. The van der Waals surface area contributed by atoms with E-state index in [9.17, 15) is 44.7 Å². The van der Waals surface area contributed by atoms with Crippen molar-refractivity contribution >= 4 is 45.2 Å². The second-order valence-corrected chi connectivity index (χ2v) is 6.60. The molecule has 0 spiro atoms. The van der Waals surface area contributed by atoms with E-state index in [2.05, 4.69) is 0 Å². The Morgan fingerprint density at radius 1 is 0.767 bits per heavy atom. The fraction of sp³-hybridized carbons (Fsp3) is 0.143. The highest BCUT2D eigenvalue weighted by Gasteiger charge is 2.30. The van der Waals surface area contributed by atoms with Crippen molar-refractivity contribution in [3.63, 3.8) is 0 Å². The number of hydrogen-bond acceptors (Lipinski definition) is 10. The molecule has 0 aliphatic rings. The first-order chi connectivity index (χ1) is 14.0. The van der Waals surface area contributed by atoms with Gasteiger partial charge in [0.2, 0.25) is 0 Å². The minimum Gasteiger partial charge on any atom is -0.329 e.